The van der Waals surface area contributed by atoms with Crippen molar-refractivity contribution in [3.63, 3.8) is 0 Å². The van der Waals surface area contributed by atoms with Crippen molar-refractivity contribution in [3.8, 4) is 17.2 Å². The second kappa shape index (κ2) is 16.2. The van der Waals surface area contributed by atoms with Gasteiger partial charge in [-0.1, -0.05) is 71.4 Å². The fourth-order valence-electron chi connectivity index (χ4n) is 3.31. The Labute approximate surface area is 195 Å². The minimum atomic E-state index is 0.677. The van der Waals surface area contributed by atoms with Crippen molar-refractivity contribution in [2.75, 3.05) is 19.8 Å². The first kappa shape index (κ1) is 25.8. The Bertz CT molecular complexity index is 740. The predicted octanol–water partition coefficient (Wildman–Crippen LogP) is 7.96. The van der Waals surface area contributed by atoms with E-state index in [4.69, 9.17) is 14.2 Å². The maximum absolute atomic E-state index is 6.22. The highest BCUT2D eigenvalue weighted by atomic mass is 16.5. The lowest BCUT2D eigenvalue weighted by molar-refractivity contribution is 0.235. The normalized spacial score (nSPS) is 11.1. The van der Waals surface area contributed by atoms with E-state index in [-0.39, 0.29) is 0 Å². The van der Waals surface area contributed by atoms with Crippen LogP contribution in [0.1, 0.15) is 89.7 Å². The highest BCUT2D eigenvalue weighted by molar-refractivity contribution is 5.72. The molecule has 0 radical (unpaired) electrons. The number of unbranched alkanes of at least 4 members (excludes halogenated alkanes) is 6. The average molecular weight is 440 g/mol. The summed E-state index contributed by atoms with van der Waals surface area (Å²) in [5.74, 6) is 2.30. The zero-order valence-electron chi connectivity index (χ0n) is 20.3. The second-order valence-corrected chi connectivity index (χ2v) is 8.13. The number of benzene rings is 1. The van der Waals surface area contributed by atoms with Gasteiger partial charge in [0.2, 0.25) is 5.75 Å². The van der Waals surface area contributed by atoms with Crippen molar-refractivity contribution in [2.24, 2.45) is 0 Å². The molecule has 0 aliphatic heterocycles. The quantitative estimate of drug-likeness (QED) is 0.234. The van der Waals surface area contributed by atoms with Crippen LogP contribution in [0.5, 0.6) is 17.2 Å². The SMILES string of the molecule is CCCCCOc1cc(/C=C/c2ccncc2)cc(OCCCCC)c1OCCCCC. The molecule has 176 valence electrons. The van der Waals surface area contributed by atoms with Crippen LogP contribution in [-0.4, -0.2) is 24.8 Å². The smallest absolute Gasteiger partial charge is 0.203 e. The standard InChI is InChI=1S/C28H41NO3/c1-4-7-10-19-30-26-22-25(14-13-24-15-17-29-18-16-24)23-27(31-20-11-8-5-2)28(26)32-21-12-9-6-3/h13-18,22-23H,4-12,19-21H2,1-3H3/b14-13+. The maximum atomic E-state index is 6.22. The molecule has 1 aromatic carbocycles. The molecule has 4 heteroatoms. The number of aromatic nitrogens is 1. The van der Waals surface area contributed by atoms with E-state index in [2.05, 4.69) is 50.0 Å². The van der Waals surface area contributed by atoms with E-state index in [1.807, 2.05) is 12.1 Å². The third kappa shape index (κ3) is 9.76. The van der Waals surface area contributed by atoms with Gasteiger partial charge in [-0.3, -0.25) is 4.98 Å². The molecule has 2 aromatic rings. The van der Waals surface area contributed by atoms with Crippen LogP contribution in [0.2, 0.25) is 0 Å². The van der Waals surface area contributed by atoms with Crippen LogP contribution in [0.4, 0.5) is 0 Å². The summed E-state index contributed by atoms with van der Waals surface area (Å²) in [6.07, 6.45) is 17.9. The van der Waals surface area contributed by atoms with E-state index >= 15 is 0 Å². The average Bonchev–Trinajstić information content (AvgIpc) is 2.82. The van der Waals surface area contributed by atoms with Gasteiger partial charge in [-0.25, -0.2) is 0 Å². The molecule has 0 saturated carbocycles. The zero-order chi connectivity index (χ0) is 22.9. The zero-order valence-corrected chi connectivity index (χ0v) is 20.3. The van der Waals surface area contributed by atoms with Gasteiger partial charge in [0.1, 0.15) is 0 Å². The third-order valence-corrected chi connectivity index (χ3v) is 5.22. The van der Waals surface area contributed by atoms with Gasteiger partial charge >= 0.3 is 0 Å². The topological polar surface area (TPSA) is 40.6 Å². The number of nitrogens with zero attached hydrogens (tertiary/aromatic N) is 1. The number of hydrogen-bond donors (Lipinski definition) is 0. The van der Waals surface area contributed by atoms with Gasteiger partial charge in [0, 0.05) is 12.4 Å². The van der Waals surface area contributed by atoms with E-state index < -0.39 is 0 Å². The Kier molecular flexibility index (Phi) is 13.0. The minimum Gasteiger partial charge on any atom is -0.490 e. The minimum absolute atomic E-state index is 0.677. The summed E-state index contributed by atoms with van der Waals surface area (Å²) in [6, 6.07) is 8.12. The molecule has 0 unspecified atom stereocenters. The molecular weight excluding hydrogens is 398 g/mol. The first-order valence-corrected chi connectivity index (χ1v) is 12.4. The Balaban J connectivity index is 2.27. The number of ether oxygens (including phenoxy) is 3. The summed E-state index contributed by atoms with van der Waals surface area (Å²) in [6.45, 7) is 8.66. The van der Waals surface area contributed by atoms with Crippen molar-refractivity contribution in [1.29, 1.82) is 0 Å². The van der Waals surface area contributed by atoms with Crippen molar-refractivity contribution in [2.45, 2.75) is 78.6 Å². The maximum Gasteiger partial charge on any atom is 0.203 e. The molecule has 0 spiro atoms. The van der Waals surface area contributed by atoms with Crippen LogP contribution in [0.3, 0.4) is 0 Å². The van der Waals surface area contributed by atoms with Crippen LogP contribution in [0.25, 0.3) is 12.2 Å². The van der Waals surface area contributed by atoms with E-state index in [1.165, 1.54) is 19.3 Å². The van der Waals surface area contributed by atoms with Crippen LogP contribution in [-0.2, 0) is 0 Å². The second-order valence-electron chi connectivity index (χ2n) is 8.13. The molecule has 0 bridgehead atoms. The van der Waals surface area contributed by atoms with Crippen molar-refractivity contribution in [3.05, 3.63) is 47.8 Å². The van der Waals surface area contributed by atoms with Crippen molar-refractivity contribution >= 4 is 12.2 Å². The molecule has 0 atom stereocenters. The van der Waals surface area contributed by atoms with Crippen molar-refractivity contribution in [1.82, 2.24) is 4.98 Å². The lowest BCUT2D eigenvalue weighted by atomic mass is 10.1. The molecule has 32 heavy (non-hydrogen) atoms. The molecule has 1 heterocycles. The summed E-state index contributed by atoms with van der Waals surface area (Å²) >= 11 is 0. The molecule has 0 N–H and O–H groups in total. The molecule has 0 saturated heterocycles. The van der Waals surface area contributed by atoms with Gasteiger partial charge in [-0.15, -0.1) is 0 Å². The van der Waals surface area contributed by atoms with Gasteiger partial charge < -0.3 is 14.2 Å². The van der Waals surface area contributed by atoms with E-state index in [0.29, 0.717) is 19.8 Å². The highest BCUT2D eigenvalue weighted by Gasteiger charge is 2.15. The van der Waals surface area contributed by atoms with Gasteiger partial charge in [-0.2, -0.15) is 0 Å². The Hall–Kier alpha value is -2.49. The lowest BCUT2D eigenvalue weighted by Gasteiger charge is -2.18. The molecule has 0 aliphatic rings. The largest absolute Gasteiger partial charge is 0.490 e. The lowest BCUT2D eigenvalue weighted by Crippen LogP contribution is -2.06. The summed E-state index contributed by atoms with van der Waals surface area (Å²) in [7, 11) is 0. The summed E-state index contributed by atoms with van der Waals surface area (Å²) < 4.78 is 18.6. The molecule has 4 nitrogen and oxygen atoms in total. The van der Waals surface area contributed by atoms with Crippen molar-refractivity contribution < 1.29 is 14.2 Å². The first-order valence-electron chi connectivity index (χ1n) is 12.4. The Morgan fingerprint density at radius 1 is 0.625 bits per heavy atom. The van der Waals surface area contributed by atoms with Crippen LogP contribution in [0, 0.1) is 0 Å². The molecule has 2 rings (SSSR count). The molecule has 0 amide bonds. The highest BCUT2D eigenvalue weighted by Crippen LogP contribution is 2.40. The third-order valence-electron chi connectivity index (χ3n) is 5.22. The first-order chi connectivity index (χ1) is 15.8. The van der Waals surface area contributed by atoms with Gasteiger partial charge in [-0.05, 0) is 54.7 Å². The summed E-state index contributed by atoms with van der Waals surface area (Å²) in [5, 5.41) is 0. The summed E-state index contributed by atoms with van der Waals surface area (Å²) in [5.41, 5.74) is 2.15. The predicted molar refractivity (Wildman–Crippen MR) is 135 cm³/mol. The molecular formula is C28H41NO3. The molecule has 0 fully saturated rings. The van der Waals surface area contributed by atoms with E-state index in [1.54, 1.807) is 12.4 Å². The fraction of sp³-hybridized carbons (Fsp3) is 0.536. The van der Waals surface area contributed by atoms with E-state index in [9.17, 15) is 0 Å². The Morgan fingerprint density at radius 2 is 1.09 bits per heavy atom. The van der Waals surface area contributed by atoms with Gasteiger partial charge in [0.25, 0.3) is 0 Å². The van der Waals surface area contributed by atoms with E-state index in [0.717, 1.165) is 66.9 Å². The summed E-state index contributed by atoms with van der Waals surface area (Å²) in [4.78, 5) is 4.09. The van der Waals surface area contributed by atoms with Gasteiger partial charge in [0.05, 0.1) is 19.8 Å². The van der Waals surface area contributed by atoms with Crippen LogP contribution < -0.4 is 14.2 Å². The number of rotatable bonds is 17. The Morgan fingerprint density at radius 3 is 1.59 bits per heavy atom. The van der Waals surface area contributed by atoms with Crippen LogP contribution in [0.15, 0.2) is 36.7 Å². The number of hydrogen-bond acceptors (Lipinski definition) is 4. The van der Waals surface area contributed by atoms with Gasteiger partial charge in [0.15, 0.2) is 11.5 Å². The van der Waals surface area contributed by atoms with Crippen LogP contribution >= 0.6 is 0 Å². The number of pyridine rings is 1. The molecule has 0 aliphatic carbocycles. The molecule has 1 aromatic heterocycles. The fourth-order valence-corrected chi connectivity index (χ4v) is 3.31. The monoisotopic (exact) mass is 439 g/mol.